The number of carbonyl (C=O) groups excluding carboxylic acids is 1. The minimum absolute atomic E-state index is 0. The molecule has 0 saturated carbocycles. The van der Waals surface area contributed by atoms with Gasteiger partial charge in [0.25, 0.3) is 0 Å². The zero-order chi connectivity index (χ0) is 15.8. The van der Waals surface area contributed by atoms with Gasteiger partial charge < -0.3 is 12.1 Å². The second kappa shape index (κ2) is 18.8. The van der Waals surface area contributed by atoms with E-state index in [2.05, 4.69) is 32.1 Å². The second-order valence-corrected chi connectivity index (χ2v) is 4.37. The molecule has 0 fully saturated rings. The van der Waals surface area contributed by atoms with Gasteiger partial charge >= 0.3 is 0 Å². The number of aryl methyl sites for hydroxylation is 4. The smallest absolute Gasteiger partial charge is 0.187 e. The molecule has 0 amide bonds. The fourth-order valence-electron chi connectivity index (χ4n) is 1.65. The maximum atomic E-state index is 10.2. The fraction of sp³-hybridized carbons (Fsp3) is 0.312. The molecule has 25 heavy (non-hydrogen) atoms. The van der Waals surface area contributed by atoms with Crippen LogP contribution in [0.3, 0.4) is 0 Å². The summed E-state index contributed by atoms with van der Waals surface area (Å²) in [6, 6.07) is 5.88. The zero-order valence-corrected chi connectivity index (χ0v) is 26.3. The Labute approximate surface area is 235 Å². The molecule has 2 aromatic heterocycles. The molecule has 2 rings (SSSR count). The van der Waals surface area contributed by atoms with Crippen molar-refractivity contribution < 1.29 is 120 Å². The normalized spacial score (nSPS) is 8.52. The van der Waals surface area contributed by atoms with Crippen LogP contribution < -0.4 is 0 Å². The Kier molecular flexibility index (Phi) is 25.5. The van der Waals surface area contributed by atoms with E-state index in [1.54, 1.807) is 13.8 Å². The molecule has 0 aliphatic rings. The molecule has 0 N–H and O–H groups in total. The first kappa shape index (κ1) is 34.0. The summed E-state index contributed by atoms with van der Waals surface area (Å²) in [5.41, 5.74) is 3.19. The van der Waals surface area contributed by atoms with Crippen LogP contribution in [0.25, 0.3) is 6.08 Å². The van der Waals surface area contributed by atoms with Crippen LogP contribution in [-0.4, -0.2) is 26.2 Å². The zero-order valence-electron chi connectivity index (χ0n) is 15.0. The van der Waals surface area contributed by atoms with E-state index in [0.717, 1.165) is 17.2 Å². The molecule has 0 aliphatic carbocycles. The first-order valence-electron chi connectivity index (χ1n) is 6.51. The molecule has 3 radical (unpaired) electrons. The van der Waals surface area contributed by atoms with E-state index < -0.39 is 0 Å². The third-order valence-electron chi connectivity index (χ3n) is 2.27. The molecule has 2 aromatic rings. The number of rotatable bonds is 2. The number of nitrogens with zero attached hydrogens (tertiary/aromatic N) is 4. The fourth-order valence-corrected chi connectivity index (χ4v) is 1.65. The van der Waals surface area contributed by atoms with Crippen molar-refractivity contribution in [2.24, 2.45) is 0 Å². The van der Waals surface area contributed by atoms with E-state index in [0.29, 0.717) is 17.7 Å². The van der Waals surface area contributed by atoms with Gasteiger partial charge in [-0.2, -0.15) is 0 Å². The van der Waals surface area contributed by atoms with Gasteiger partial charge in [-0.25, -0.2) is 0 Å². The van der Waals surface area contributed by atoms with Crippen molar-refractivity contribution in [3.63, 3.8) is 0 Å². The molecule has 5 nitrogen and oxygen atoms in total. The summed E-state index contributed by atoms with van der Waals surface area (Å²) < 4.78 is 0. The minimum atomic E-state index is 0. The standard InChI is InChI=1S/C9H11N2.C7H7N2O.U.V.2Y/c1-4-5-9-10-7(2)6-8(3)11-9;1-5-3-6(2)9-7(4-10)8-5;;;;/h4-5H,1-3H3;4H,1-2H3;;;;/q2*-1;;;;. The Hall–Kier alpha value is 1.41. The first-order valence-corrected chi connectivity index (χ1v) is 6.51. The summed E-state index contributed by atoms with van der Waals surface area (Å²) in [5.74, 6) is 0.995. The third-order valence-corrected chi connectivity index (χ3v) is 2.27. The molecule has 0 aliphatic heterocycles. The van der Waals surface area contributed by atoms with Gasteiger partial charge in [0, 0.05) is 115 Å². The number of hydrogen-bond acceptors (Lipinski definition) is 5. The van der Waals surface area contributed by atoms with Gasteiger partial charge in [0.15, 0.2) is 12.1 Å². The number of allylic oxidation sites excluding steroid dienone is 1. The summed E-state index contributed by atoms with van der Waals surface area (Å²) in [6.07, 6.45) is 4.44. The summed E-state index contributed by atoms with van der Waals surface area (Å²) in [7, 11) is 0. The van der Waals surface area contributed by atoms with Crippen LogP contribution in [0.5, 0.6) is 0 Å². The van der Waals surface area contributed by atoms with Crippen LogP contribution in [0.2, 0.25) is 0 Å². The van der Waals surface area contributed by atoms with Gasteiger partial charge in [-0.15, -0.1) is 22.8 Å². The van der Waals surface area contributed by atoms with E-state index in [1.807, 2.05) is 32.9 Å². The molecule has 0 saturated heterocycles. The SMILES string of the molecule is CC=Cc1nc(C)[c-]c(C)n1.Cc1[c-]c(C)nc(C=O)n1.[U].[V].[Y].[Y]. The summed E-state index contributed by atoms with van der Waals surface area (Å²) in [4.78, 5) is 26.1. The van der Waals surface area contributed by atoms with Crippen molar-refractivity contribution in [1.29, 1.82) is 0 Å². The Morgan fingerprint density at radius 3 is 1.36 bits per heavy atom. The number of aromatic nitrogens is 4. The van der Waals surface area contributed by atoms with Gasteiger partial charge in [-0.05, 0) is 13.0 Å². The van der Waals surface area contributed by atoms with Gasteiger partial charge in [0.05, 0.1) is 0 Å². The predicted octanol–water partition coefficient (Wildman–Crippen LogP) is 2.63. The van der Waals surface area contributed by atoms with Crippen LogP contribution in [0.4, 0.5) is 0 Å². The maximum absolute atomic E-state index is 10.2. The Balaban J connectivity index is -0.000000152. The van der Waals surface area contributed by atoms with Crippen LogP contribution in [0, 0.1) is 70.9 Å². The summed E-state index contributed by atoms with van der Waals surface area (Å²) in [6.45, 7) is 9.34. The van der Waals surface area contributed by atoms with Gasteiger partial charge in [-0.1, -0.05) is 33.8 Å². The third kappa shape index (κ3) is 15.1. The van der Waals surface area contributed by atoms with E-state index >= 15 is 0 Å². The number of carbonyl (C=O) groups is 1. The Morgan fingerprint density at radius 1 is 0.760 bits per heavy atom. The van der Waals surface area contributed by atoms with Crippen molar-refractivity contribution in [3.05, 3.63) is 52.6 Å². The first-order chi connectivity index (χ1) is 9.94. The quantitative estimate of drug-likeness (QED) is 0.350. The molecule has 0 bridgehead atoms. The van der Waals surface area contributed by atoms with Gasteiger partial charge in [-0.3, -0.25) is 24.7 Å². The Bertz CT molecular complexity index is 632. The molecule has 9 heteroatoms. The maximum Gasteiger partial charge on any atom is 0.187 e. The molecule has 2 heterocycles. The van der Waals surface area contributed by atoms with Crippen LogP contribution in [0.1, 0.15) is 46.1 Å². The van der Waals surface area contributed by atoms with Crippen molar-refractivity contribution in [2.75, 3.05) is 0 Å². The molecule has 0 spiro atoms. The monoisotopic (exact) mass is 749 g/mol. The number of aldehydes is 1. The van der Waals surface area contributed by atoms with E-state index in [4.69, 9.17) is 0 Å². The molecular formula is C16H18N4OUVY2-2. The molecule has 0 aromatic carbocycles. The number of hydrogen-bond donors (Lipinski definition) is 0. The van der Waals surface area contributed by atoms with Crippen molar-refractivity contribution in [2.45, 2.75) is 34.6 Å². The molecule has 125 valence electrons. The Morgan fingerprint density at radius 2 is 1.08 bits per heavy atom. The van der Waals surface area contributed by atoms with E-state index in [-0.39, 0.29) is 121 Å². The average molecular weight is 749 g/mol. The minimum Gasteiger partial charge on any atom is -0.427 e. The van der Waals surface area contributed by atoms with Gasteiger partial charge in [0.2, 0.25) is 0 Å². The topological polar surface area (TPSA) is 68.6 Å². The van der Waals surface area contributed by atoms with Crippen molar-refractivity contribution in [3.8, 4) is 0 Å². The summed E-state index contributed by atoms with van der Waals surface area (Å²) in [5, 5.41) is 0. The van der Waals surface area contributed by atoms with E-state index in [1.165, 1.54) is 0 Å². The van der Waals surface area contributed by atoms with Crippen molar-refractivity contribution >= 4 is 12.4 Å². The van der Waals surface area contributed by atoms with E-state index in [9.17, 15) is 4.79 Å². The predicted molar refractivity (Wildman–Crippen MR) is 80.8 cm³/mol. The second-order valence-electron chi connectivity index (χ2n) is 4.37. The molecule has 0 unspecified atom stereocenters. The van der Waals surface area contributed by atoms with Crippen LogP contribution in [0.15, 0.2) is 6.08 Å². The summed E-state index contributed by atoms with van der Waals surface area (Å²) >= 11 is 0. The van der Waals surface area contributed by atoms with Crippen LogP contribution in [-0.2, 0) is 84.0 Å². The van der Waals surface area contributed by atoms with Crippen LogP contribution >= 0.6 is 0 Å². The molecular weight excluding hydrogens is 731 g/mol. The average Bonchev–Trinajstić information content (AvgIpc) is 2.37. The molecule has 0 atom stereocenters. The van der Waals surface area contributed by atoms with Crippen molar-refractivity contribution in [1.82, 2.24) is 19.9 Å². The largest absolute Gasteiger partial charge is 0.427 e. The van der Waals surface area contributed by atoms with Gasteiger partial charge in [0.1, 0.15) is 5.82 Å².